The highest BCUT2D eigenvalue weighted by atomic mass is 15.0. The molecule has 0 N–H and O–H groups in total. The summed E-state index contributed by atoms with van der Waals surface area (Å²) in [6.07, 6.45) is 2.06. The molecule has 0 spiro atoms. The molecule has 2 aromatic carbocycles. The molecule has 2 heteroatoms. The van der Waals surface area contributed by atoms with Gasteiger partial charge in [-0.15, -0.1) is 0 Å². The van der Waals surface area contributed by atoms with Gasteiger partial charge < -0.3 is 4.40 Å². The van der Waals surface area contributed by atoms with E-state index in [0.29, 0.717) is 0 Å². The minimum atomic E-state index is 0.986. The number of rotatable bonds is 2. The van der Waals surface area contributed by atoms with E-state index in [1.807, 2.05) is 24.3 Å². The molecule has 0 unspecified atom stereocenters. The molecule has 0 aliphatic heterocycles. The van der Waals surface area contributed by atoms with Crippen LogP contribution in [0.1, 0.15) is 5.69 Å². The molecule has 0 amide bonds. The maximum Gasteiger partial charge on any atom is 0.137 e. The van der Waals surface area contributed by atoms with E-state index in [9.17, 15) is 0 Å². The van der Waals surface area contributed by atoms with Gasteiger partial charge in [0.15, 0.2) is 0 Å². The van der Waals surface area contributed by atoms with E-state index in [4.69, 9.17) is 4.98 Å². The van der Waals surface area contributed by atoms with Crippen molar-refractivity contribution in [3.8, 4) is 22.4 Å². The first kappa shape index (κ1) is 12.8. The first-order chi connectivity index (χ1) is 10.8. The molecule has 0 fully saturated rings. The molecule has 106 valence electrons. The van der Waals surface area contributed by atoms with Crippen LogP contribution in [-0.2, 0) is 0 Å². The predicted octanol–water partition coefficient (Wildman–Crippen LogP) is 4.98. The Morgan fingerprint density at radius 2 is 1.45 bits per heavy atom. The van der Waals surface area contributed by atoms with Crippen molar-refractivity contribution in [1.82, 2.24) is 9.38 Å². The number of hydrogen-bond acceptors (Lipinski definition) is 1. The molecule has 2 nitrogen and oxygen atoms in total. The summed E-state index contributed by atoms with van der Waals surface area (Å²) >= 11 is 0. The zero-order chi connectivity index (χ0) is 14.9. The molecular weight excluding hydrogens is 268 g/mol. The van der Waals surface area contributed by atoms with Crippen molar-refractivity contribution in [2.24, 2.45) is 0 Å². The van der Waals surface area contributed by atoms with Crippen LogP contribution in [0, 0.1) is 6.92 Å². The zero-order valence-corrected chi connectivity index (χ0v) is 12.4. The minimum absolute atomic E-state index is 0.986. The summed E-state index contributed by atoms with van der Waals surface area (Å²) in [6, 6.07) is 25.1. The van der Waals surface area contributed by atoms with E-state index >= 15 is 0 Å². The van der Waals surface area contributed by atoms with Crippen molar-refractivity contribution in [3.05, 3.63) is 84.7 Å². The molecule has 0 radical (unpaired) electrons. The fourth-order valence-electron chi connectivity index (χ4n) is 2.87. The molecule has 0 bridgehead atoms. The SMILES string of the molecule is Cc1c(-c2cccc(-c3ccccc3)c2)nc2ccccn12. The Hall–Kier alpha value is -2.87. The summed E-state index contributed by atoms with van der Waals surface area (Å²) in [7, 11) is 0. The Bertz CT molecular complexity index is 936. The molecule has 0 atom stereocenters. The Morgan fingerprint density at radius 1 is 0.727 bits per heavy atom. The van der Waals surface area contributed by atoms with E-state index in [-0.39, 0.29) is 0 Å². The van der Waals surface area contributed by atoms with Gasteiger partial charge in [-0.3, -0.25) is 0 Å². The standard InChI is InChI=1S/C20H16N2/c1-15-20(21-19-12-5-6-13-22(15)19)18-11-7-10-17(14-18)16-8-3-2-4-9-16/h2-14H,1H3. The highest BCUT2D eigenvalue weighted by molar-refractivity contribution is 5.73. The lowest BCUT2D eigenvalue weighted by molar-refractivity contribution is 1.11. The smallest absolute Gasteiger partial charge is 0.137 e. The number of aromatic nitrogens is 2. The molecule has 0 aliphatic rings. The fraction of sp³-hybridized carbons (Fsp3) is 0.0500. The second-order valence-electron chi connectivity index (χ2n) is 5.42. The van der Waals surface area contributed by atoms with E-state index in [2.05, 4.69) is 66.1 Å². The number of fused-ring (bicyclic) bond motifs is 1. The molecular formula is C20H16N2. The Labute approximate surface area is 129 Å². The van der Waals surface area contributed by atoms with Crippen LogP contribution in [0.25, 0.3) is 28.0 Å². The summed E-state index contributed by atoms with van der Waals surface area (Å²) in [5, 5.41) is 0. The van der Waals surface area contributed by atoms with Gasteiger partial charge in [0.05, 0.1) is 5.69 Å². The first-order valence-electron chi connectivity index (χ1n) is 7.42. The maximum absolute atomic E-state index is 4.78. The van der Waals surface area contributed by atoms with Gasteiger partial charge in [-0.25, -0.2) is 4.98 Å². The molecule has 2 heterocycles. The molecule has 2 aromatic heterocycles. The summed E-state index contributed by atoms with van der Waals surface area (Å²) in [5.41, 5.74) is 6.80. The lowest BCUT2D eigenvalue weighted by Crippen LogP contribution is -1.86. The number of hydrogen-bond donors (Lipinski definition) is 0. The summed E-state index contributed by atoms with van der Waals surface area (Å²) < 4.78 is 2.13. The number of nitrogens with zero attached hydrogens (tertiary/aromatic N) is 2. The lowest BCUT2D eigenvalue weighted by Gasteiger charge is -2.05. The van der Waals surface area contributed by atoms with Crippen molar-refractivity contribution >= 4 is 5.65 Å². The zero-order valence-electron chi connectivity index (χ0n) is 12.4. The third-order valence-electron chi connectivity index (χ3n) is 4.01. The minimum Gasteiger partial charge on any atom is -0.304 e. The summed E-state index contributed by atoms with van der Waals surface area (Å²) in [6.45, 7) is 2.12. The number of pyridine rings is 1. The van der Waals surface area contributed by atoms with Crippen molar-refractivity contribution in [2.75, 3.05) is 0 Å². The Morgan fingerprint density at radius 3 is 2.27 bits per heavy atom. The lowest BCUT2D eigenvalue weighted by atomic mass is 10.0. The monoisotopic (exact) mass is 284 g/mol. The number of imidazole rings is 1. The Balaban J connectivity index is 1.87. The van der Waals surface area contributed by atoms with Crippen molar-refractivity contribution in [1.29, 1.82) is 0 Å². The highest BCUT2D eigenvalue weighted by Crippen LogP contribution is 2.28. The highest BCUT2D eigenvalue weighted by Gasteiger charge is 2.10. The van der Waals surface area contributed by atoms with Crippen LogP contribution in [0.2, 0.25) is 0 Å². The Kier molecular flexibility index (Phi) is 3.01. The third-order valence-corrected chi connectivity index (χ3v) is 4.01. The summed E-state index contributed by atoms with van der Waals surface area (Å²) in [4.78, 5) is 4.78. The molecule has 0 saturated carbocycles. The van der Waals surface area contributed by atoms with Crippen molar-refractivity contribution < 1.29 is 0 Å². The van der Waals surface area contributed by atoms with Gasteiger partial charge >= 0.3 is 0 Å². The van der Waals surface area contributed by atoms with Crippen LogP contribution < -0.4 is 0 Å². The van der Waals surface area contributed by atoms with Crippen LogP contribution in [0.5, 0.6) is 0 Å². The van der Waals surface area contributed by atoms with Gasteiger partial charge in [-0.05, 0) is 36.2 Å². The van der Waals surface area contributed by atoms with Crippen molar-refractivity contribution in [3.63, 3.8) is 0 Å². The molecule has 4 aromatic rings. The second-order valence-corrected chi connectivity index (χ2v) is 5.42. The van der Waals surface area contributed by atoms with Gasteiger partial charge in [0.25, 0.3) is 0 Å². The van der Waals surface area contributed by atoms with Crippen molar-refractivity contribution in [2.45, 2.75) is 6.92 Å². The largest absolute Gasteiger partial charge is 0.304 e. The van der Waals surface area contributed by atoms with Crippen LogP contribution in [-0.4, -0.2) is 9.38 Å². The van der Waals surface area contributed by atoms with E-state index < -0.39 is 0 Å². The predicted molar refractivity (Wildman–Crippen MR) is 90.8 cm³/mol. The fourth-order valence-corrected chi connectivity index (χ4v) is 2.87. The van der Waals surface area contributed by atoms with Gasteiger partial charge in [0, 0.05) is 17.5 Å². The van der Waals surface area contributed by atoms with E-state index in [0.717, 1.165) is 16.9 Å². The van der Waals surface area contributed by atoms with E-state index in [1.54, 1.807) is 0 Å². The van der Waals surface area contributed by atoms with E-state index in [1.165, 1.54) is 16.8 Å². The van der Waals surface area contributed by atoms with Crippen LogP contribution in [0.15, 0.2) is 79.0 Å². The third kappa shape index (κ3) is 2.09. The molecule has 0 aliphatic carbocycles. The molecule has 0 saturated heterocycles. The van der Waals surface area contributed by atoms with Gasteiger partial charge in [0.2, 0.25) is 0 Å². The van der Waals surface area contributed by atoms with Crippen LogP contribution in [0.4, 0.5) is 0 Å². The maximum atomic E-state index is 4.78. The van der Waals surface area contributed by atoms with Crippen LogP contribution >= 0.6 is 0 Å². The molecule has 22 heavy (non-hydrogen) atoms. The van der Waals surface area contributed by atoms with Gasteiger partial charge in [-0.2, -0.15) is 0 Å². The van der Waals surface area contributed by atoms with Crippen LogP contribution in [0.3, 0.4) is 0 Å². The first-order valence-corrected chi connectivity index (χ1v) is 7.42. The summed E-state index contributed by atoms with van der Waals surface area (Å²) in [5.74, 6) is 0. The number of benzene rings is 2. The average molecular weight is 284 g/mol. The average Bonchev–Trinajstić information content (AvgIpc) is 2.93. The topological polar surface area (TPSA) is 17.3 Å². The number of aryl methyl sites for hydroxylation is 1. The van der Waals surface area contributed by atoms with Gasteiger partial charge in [0.1, 0.15) is 5.65 Å². The normalized spacial score (nSPS) is 11.0. The van der Waals surface area contributed by atoms with Gasteiger partial charge in [-0.1, -0.05) is 54.6 Å². The second kappa shape index (κ2) is 5.15. The molecule has 4 rings (SSSR count). The quantitative estimate of drug-likeness (QED) is 0.507.